The van der Waals surface area contributed by atoms with E-state index in [1.165, 1.54) is 0 Å². The Bertz CT molecular complexity index is 725. The molecule has 1 heterocycles. The highest BCUT2D eigenvalue weighted by Crippen LogP contribution is 2.19. The Morgan fingerprint density at radius 2 is 1.71 bits per heavy atom. The summed E-state index contributed by atoms with van der Waals surface area (Å²) in [6.07, 6.45) is 0. The molecule has 1 aromatic heterocycles. The zero-order valence-corrected chi connectivity index (χ0v) is 13.2. The zero-order chi connectivity index (χ0) is 15.5. The number of rotatable bonds is 5. The van der Waals surface area contributed by atoms with Gasteiger partial charge in [-0.1, -0.05) is 12.1 Å². The normalized spacial score (nSPS) is 11.4. The predicted molar refractivity (Wildman–Crippen MR) is 83.7 cm³/mol. The van der Waals surface area contributed by atoms with Gasteiger partial charge in [-0.25, -0.2) is 8.42 Å². The van der Waals surface area contributed by atoms with E-state index in [4.69, 9.17) is 0 Å². The molecule has 0 spiro atoms. The van der Waals surface area contributed by atoms with E-state index in [-0.39, 0.29) is 4.90 Å². The van der Waals surface area contributed by atoms with E-state index in [2.05, 4.69) is 15.0 Å². The fraction of sp³-hybridized carbons (Fsp3) is 0.267. The Kier molecular flexibility index (Phi) is 4.59. The van der Waals surface area contributed by atoms with Crippen molar-refractivity contribution in [2.75, 3.05) is 11.8 Å². The van der Waals surface area contributed by atoms with Crippen LogP contribution in [0.5, 0.6) is 0 Å². The molecule has 1 aromatic carbocycles. The first-order valence-electron chi connectivity index (χ1n) is 6.63. The van der Waals surface area contributed by atoms with Crippen molar-refractivity contribution >= 4 is 15.7 Å². The van der Waals surface area contributed by atoms with Crippen LogP contribution in [-0.4, -0.2) is 20.4 Å². The van der Waals surface area contributed by atoms with Crippen LogP contribution in [-0.2, 0) is 16.6 Å². The summed E-state index contributed by atoms with van der Waals surface area (Å²) in [5.41, 5.74) is 3.04. The molecule has 0 aliphatic heterocycles. The average Bonchev–Trinajstić information content (AvgIpc) is 2.43. The van der Waals surface area contributed by atoms with Crippen molar-refractivity contribution in [2.24, 2.45) is 0 Å². The number of hydrogen-bond donors (Lipinski definition) is 2. The van der Waals surface area contributed by atoms with E-state index in [0.29, 0.717) is 17.9 Å². The summed E-state index contributed by atoms with van der Waals surface area (Å²) in [6, 6.07) is 10.3. The minimum atomic E-state index is -3.59. The summed E-state index contributed by atoms with van der Waals surface area (Å²) in [7, 11) is -1.74. The molecule has 0 atom stereocenters. The molecule has 6 heteroatoms. The van der Waals surface area contributed by atoms with Gasteiger partial charge in [0.2, 0.25) is 0 Å². The van der Waals surface area contributed by atoms with E-state index < -0.39 is 10.0 Å². The molecule has 0 aliphatic rings. The van der Waals surface area contributed by atoms with Crippen molar-refractivity contribution in [1.29, 1.82) is 0 Å². The lowest BCUT2D eigenvalue weighted by Crippen LogP contribution is -2.14. The molecule has 0 radical (unpaired) electrons. The summed E-state index contributed by atoms with van der Waals surface area (Å²) < 4.78 is 27.3. The molecule has 2 rings (SSSR count). The molecule has 0 aliphatic carbocycles. The van der Waals surface area contributed by atoms with E-state index in [0.717, 1.165) is 11.3 Å². The van der Waals surface area contributed by atoms with Gasteiger partial charge in [-0.3, -0.25) is 9.71 Å². The Morgan fingerprint density at radius 1 is 1.05 bits per heavy atom. The Hall–Kier alpha value is -1.92. The number of sulfonamides is 1. The van der Waals surface area contributed by atoms with Gasteiger partial charge in [0.1, 0.15) is 0 Å². The van der Waals surface area contributed by atoms with Crippen molar-refractivity contribution in [2.45, 2.75) is 25.3 Å². The highest BCUT2D eigenvalue weighted by molar-refractivity contribution is 7.92. The quantitative estimate of drug-likeness (QED) is 0.888. The maximum Gasteiger partial charge on any atom is 0.261 e. The number of aromatic nitrogens is 1. The fourth-order valence-electron chi connectivity index (χ4n) is 1.99. The molecule has 21 heavy (non-hydrogen) atoms. The van der Waals surface area contributed by atoms with E-state index in [9.17, 15) is 8.42 Å². The zero-order valence-electron chi connectivity index (χ0n) is 12.3. The lowest BCUT2D eigenvalue weighted by molar-refractivity contribution is 0.601. The van der Waals surface area contributed by atoms with Crippen LogP contribution in [0.4, 0.5) is 5.69 Å². The van der Waals surface area contributed by atoms with E-state index >= 15 is 0 Å². The summed E-state index contributed by atoms with van der Waals surface area (Å²) >= 11 is 0. The Labute approximate surface area is 125 Å². The minimum absolute atomic E-state index is 0.238. The first-order valence-corrected chi connectivity index (χ1v) is 8.11. The molecule has 0 bridgehead atoms. The maximum absolute atomic E-state index is 12.4. The van der Waals surface area contributed by atoms with Crippen LogP contribution in [0, 0.1) is 13.8 Å². The van der Waals surface area contributed by atoms with Crippen LogP contribution in [0.2, 0.25) is 0 Å². The average molecular weight is 305 g/mol. The molecule has 2 aromatic rings. The molecule has 0 fully saturated rings. The van der Waals surface area contributed by atoms with Crippen LogP contribution in [0.15, 0.2) is 41.3 Å². The topological polar surface area (TPSA) is 71.1 Å². The van der Waals surface area contributed by atoms with Gasteiger partial charge in [-0.15, -0.1) is 0 Å². The third kappa shape index (κ3) is 3.80. The third-order valence-electron chi connectivity index (χ3n) is 3.08. The first-order chi connectivity index (χ1) is 9.92. The van der Waals surface area contributed by atoms with Gasteiger partial charge in [0.25, 0.3) is 10.0 Å². The van der Waals surface area contributed by atoms with Crippen LogP contribution < -0.4 is 10.0 Å². The van der Waals surface area contributed by atoms with Crippen molar-refractivity contribution in [3.8, 4) is 0 Å². The number of pyridine rings is 1. The lowest BCUT2D eigenvalue weighted by Gasteiger charge is -2.11. The van der Waals surface area contributed by atoms with Gasteiger partial charge in [0.05, 0.1) is 16.3 Å². The number of aryl methyl sites for hydroxylation is 2. The van der Waals surface area contributed by atoms with Gasteiger partial charge >= 0.3 is 0 Å². The smallest absolute Gasteiger partial charge is 0.261 e. The number of nitrogens with one attached hydrogen (secondary N) is 2. The number of nitrogens with zero attached hydrogens (tertiary/aromatic N) is 1. The lowest BCUT2D eigenvalue weighted by atomic mass is 10.2. The van der Waals surface area contributed by atoms with Crippen LogP contribution in [0.3, 0.4) is 0 Å². The summed E-state index contributed by atoms with van der Waals surface area (Å²) in [4.78, 5) is 4.49. The molecule has 5 nitrogen and oxygen atoms in total. The van der Waals surface area contributed by atoms with Crippen molar-refractivity contribution in [3.63, 3.8) is 0 Å². The Balaban J connectivity index is 2.25. The molecule has 0 unspecified atom stereocenters. The molecular formula is C15H19N3O2S. The van der Waals surface area contributed by atoms with Crippen LogP contribution >= 0.6 is 0 Å². The van der Waals surface area contributed by atoms with Crippen molar-refractivity contribution < 1.29 is 8.42 Å². The molecule has 0 saturated heterocycles. The number of benzene rings is 1. The molecule has 2 N–H and O–H groups in total. The minimum Gasteiger partial charge on any atom is -0.316 e. The SMILES string of the molecule is CNCc1ccc(S(=O)(=O)Nc2ccc(C)nc2C)cc1. The predicted octanol–water partition coefficient (Wildman–Crippen LogP) is 2.22. The molecule has 0 amide bonds. The van der Waals surface area contributed by atoms with E-state index in [1.807, 2.05) is 14.0 Å². The highest BCUT2D eigenvalue weighted by atomic mass is 32.2. The van der Waals surface area contributed by atoms with Gasteiger partial charge in [-0.2, -0.15) is 0 Å². The summed E-state index contributed by atoms with van der Waals surface area (Å²) in [6.45, 7) is 4.35. The summed E-state index contributed by atoms with van der Waals surface area (Å²) in [5.74, 6) is 0. The van der Waals surface area contributed by atoms with Crippen molar-refractivity contribution in [3.05, 3.63) is 53.3 Å². The van der Waals surface area contributed by atoms with Gasteiger partial charge in [0, 0.05) is 12.2 Å². The first kappa shape index (κ1) is 15.5. The molecule has 0 saturated carbocycles. The van der Waals surface area contributed by atoms with Gasteiger partial charge in [0.15, 0.2) is 0 Å². The van der Waals surface area contributed by atoms with Crippen molar-refractivity contribution in [1.82, 2.24) is 10.3 Å². The van der Waals surface area contributed by atoms with Crippen LogP contribution in [0.1, 0.15) is 17.0 Å². The number of anilines is 1. The second-order valence-corrected chi connectivity index (χ2v) is 6.55. The largest absolute Gasteiger partial charge is 0.316 e. The second kappa shape index (κ2) is 6.24. The van der Waals surface area contributed by atoms with Gasteiger partial charge < -0.3 is 5.32 Å². The summed E-state index contributed by atoms with van der Waals surface area (Å²) in [5, 5.41) is 3.02. The molecular weight excluding hydrogens is 286 g/mol. The third-order valence-corrected chi connectivity index (χ3v) is 4.47. The molecule has 112 valence electrons. The highest BCUT2D eigenvalue weighted by Gasteiger charge is 2.15. The number of hydrogen-bond acceptors (Lipinski definition) is 4. The standard InChI is InChI=1S/C15H19N3O2S/c1-11-4-9-15(12(2)17-11)18-21(19,20)14-7-5-13(6-8-14)10-16-3/h4-9,16,18H,10H2,1-3H3. The fourth-order valence-corrected chi connectivity index (χ4v) is 3.11. The second-order valence-electron chi connectivity index (χ2n) is 4.87. The monoisotopic (exact) mass is 305 g/mol. The van der Waals surface area contributed by atoms with E-state index in [1.54, 1.807) is 43.3 Å². The Morgan fingerprint density at radius 3 is 2.29 bits per heavy atom. The maximum atomic E-state index is 12.4. The van der Waals surface area contributed by atoms with Crippen LogP contribution in [0.25, 0.3) is 0 Å². The van der Waals surface area contributed by atoms with Gasteiger partial charge in [-0.05, 0) is 50.7 Å².